The van der Waals surface area contributed by atoms with Crippen LogP contribution in [0.3, 0.4) is 0 Å². The molecule has 0 amide bonds. The van der Waals surface area contributed by atoms with Crippen molar-refractivity contribution in [3.05, 3.63) is 195 Å². The molecule has 7 aromatic carbocycles. The quantitative estimate of drug-likeness (QED) is 0.0402. The zero-order valence-electron chi connectivity index (χ0n) is 47.6. The van der Waals surface area contributed by atoms with Gasteiger partial charge in [0.1, 0.15) is 27.0 Å². The normalized spacial score (nSPS) is 16.1. The van der Waals surface area contributed by atoms with Crippen LogP contribution in [0.5, 0.6) is 40.2 Å². The summed E-state index contributed by atoms with van der Waals surface area (Å²) in [5, 5.41) is 0. The van der Waals surface area contributed by atoms with Crippen LogP contribution in [0.25, 0.3) is 0 Å². The predicted octanol–water partition coefficient (Wildman–Crippen LogP) is 13.1. The van der Waals surface area contributed by atoms with Crippen molar-refractivity contribution in [3.63, 3.8) is 0 Å². The molecule has 16 nitrogen and oxygen atoms in total. The molecule has 0 aromatic heterocycles. The summed E-state index contributed by atoms with van der Waals surface area (Å²) in [5.74, 6) is 3.92. The Morgan fingerprint density at radius 1 is 0.427 bits per heavy atom. The number of carbonyl (C=O) groups excluding carboxylic acids is 2. The lowest BCUT2D eigenvalue weighted by Gasteiger charge is -2.40. The van der Waals surface area contributed by atoms with Crippen LogP contribution >= 0.6 is 20.4 Å². The summed E-state index contributed by atoms with van der Waals surface area (Å²) in [5.41, 5.74) is 45.8. The molecule has 12 rings (SSSR count). The molecule has 5 aliphatic heterocycles. The highest BCUT2D eigenvalue weighted by atomic mass is 32.5. The summed E-state index contributed by atoms with van der Waals surface area (Å²) in [6.07, 6.45) is -3.17. The van der Waals surface area contributed by atoms with Gasteiger partial charge in [-0.05, 0) is 112 Å². The van der Waals surface area contributed by atoms with Crippen LogP contribution in [-0.2, 0) is 62.4 Å². The summed E-state index contributed by atoms with van der Waals surface area (Å²) < 4.78 is 181. The number of alkyl halides is 2. The van der Waals surface area contributed by atoms with Crippen molar-refractivity contribution in [2.24, 2.45) is 40.1 Å². The van der Waals surface area contributed by atoms with E-state index in [1.165, 1.54) is 29.3 Å². The summed E-state index contributed by atoms with van der Waals surface area (Å²) in [6.45, 7) is 7.84. The summed E-state index contributed by atoms with van der Waals surface area (Å²) >= 11 is 0. The molecule has 5 aliphatic rings. The molecule has 0 radical (unpaired) electrons. The fourth-order valence-electron chi connectivity index (χ4n) is 8.26. The van der Waals surface area contributed by atoms with E-state index in [0.29, 0.717) is 86.3 Å². The first-order chi connectivity index (χ1) is 41.3. The average Bonchev–Trinajstić information content (AvgIpc) is 1.68. The number of esters is 1. The van der Waals surface area contributed by atoms with Gasteiger partial charge in [0.2, 0.25) is 12.6 Å². The Hall–Kier alpha value is -7.94. The van der Waals surface area contributed by atoms with Gasteiger partial charge in [0, 0.05) is 62.4 Å². The summed E-state index contributed by atoms with van der Waals surface area (Å²) in [7, 11) is -19.0. The first kappa shape index (κ1) is 70.2. The van der Waals surface area contributed by atoms with Crippen molar-refractivity contribution in [2.45, 2.75) is 87.6 Å². The van der Waals surface area contributed by atoms with Crippen molar-refractivity contribution in [3.8, 4) is 40.2 Å². The standard InChI is InChI=1S/C11H15NO.2C9H9NO2.C8H7F2NO2.C8H9NO2.2C7H8F5NS/c1-11(2)7-13-10-4-3-8(6-12)5-9(10)11;10-5-6-1-2-8-7(3-6)4-9(11)12-8;10-4-6-1-2-9-7(3-6)8(11)5-12-9;9-8(10)12-6-2-1-5(4-11)3-7(6)13-8;9-4-6-1-2-7-8(3-6)11-5-10-7;8-14(9,10,11,12)7-3-1-6(5-13)2-4-7;8-14(9,10,11,12)7-3-1-2-6(4-7)5-13/h3-5H,6-7,12H2,1-2H3;2*1-3H,4-5,10H2;1-3H,4,11H2;1-3H,4-5,9H2;2*1-4H,5,13H2. The number of rotatable bonds is 9. The number of benzene rings is 7. The van der Waals surface area contributed by atoms with E-state index < -0.39 is 36.5 Å². The van der Waals surface area contributed by atoms with Crippen LogP contribution in [0.1, 0.15) is 74.3 Å². The number of nitrogens with two attached hydrogens (primary N) is 7. The van der Waals surface area contributed by atoms with Crippen molar-refractivity contribution in [2.75, 3.05) is 20.0 Å². The average molecular weight is 1310 g/mol. The Kier molecular flexibility index (Phi) is 20.7. The number of ketones is 1. The molecule has 0 unspecified atom stereocenters. The van der Waals surface area contributed by atoms with Gasteiger partial charge in [-0.25, -0.2) is 0 Å². The molecule has 30 heteroatoms. The zero-order chi connectivity index (χ0) is 65.9. The minimum Gasteiger partial charge on any atom is -0.492 e. The second-order valence-corrected chi connectivity index (χ2v) is 25.3. The molecule has 0 saturated heterocycles. The number of carbonyl (C=O) groups is 2. The molecular formula is C59H65F12N7O9S2. The van der Waals surface area contributed by atoms with Crippen molar-refractivity contribution in [1.29, 1.82) is 0 Å². The molecule has 0 spiro atoms. The minimum atomic E-state index is -9.54. The van der Waals surface area contributed by atoms with Gasteiger partial charge >= 0.3 is 32.7 Å². The molecular weight excluding hydrogens is 1240 g/mol. The number of fused-ring (bicyclic) bond motifs is 5. The maximum Gasteiger partial charge on any atom is 0.586 e. The Morgan fingerprint density at radius 2 is 0.876 bits per heavy atom. The number of halogens is 12. The molecule has 7 aromatic rings. The Labute approximate surface area is 503 Å². The third kappa shape index (κ3) is 20.0. The lowest BCUT2D eigenvalue weighted by Crippen LogP contribution is -2.25. The monoisotopic (exact) mass is 1310 g/mol. The van der Waals surface area contributed by atoms with E-state index in [4.69, 9.17) is 63.8 Å². The topological polar surface area (TPSA) is 281 Å². The van der Waals surface area contributed by atoms with E-state index in [-0.39, 0.29) is 60.5 Å². The highest BCUT2D eigenvalue weighted by Gasteiger charge is 2.66. The smallest absolute Gasteiger partial charge is 0.492 e. The van der Waals surface area contributed by atoms with Crippen LogP contribution in [-0.4, -0.2) is 38.1 Å². The third-order valence-electron chi connectivity index (χ3n) is 13.0. The predicted molar refractivity (Wildman–Crippen MR) is 313 cm³/mol. The Morgan fingerprint density at radius 3 is 1.44 bits per heavy atom. The number of Topliss-reactive ketones (excluding diaryl/α,β-unsaturated/α-hetero) is 1. The van der Waals surface area contributed by atoms with Crippen molar-refractivity contribution in [1.82, 2.24) is 0 Å². The van der Waals surface area contributed by atoms with Gasteiger partial charge < -0.3 is 73.3 Å². The number of hydrogen-bond donors (Lipinski definition) is 7. The maximum atomic E-state index is 12.5. The molecule has 0 atom stereocenters. The Balaban J connectivity index is 0.000000166. The Bertz CT molecular complexity index is 3670. The fourth-order valence-corrected chi connectivity index (χ4v) is 9.62. The molecule has 89 heavy (non-hydrogen) atoms. The second kappa shape index (κ2) is 26.3. The van der Waals surface area contributed by atoms with Gasteiger partial charge in [0.15, 0.2) is 29.6 Å². The lowest BCUT2D eigenvalue weighted by atomic mass is 9.86. The minimum absolute atomic E-state index is 0.0145. The molecule has 14 N–H and O–H groups in total. The first-order valence-corrected chi connectivity index (χ1v) is 30.4. The third-order valence-corrected chi connectivity index (χ3v) is 15.3. The molecule has 0 fully saturated rings. The van der Waals surface area contributed by atoms with Crippen LogP contribution in [0, 0.1) is 0 Å². The van der Waals surface area contributed by atoms with Gasteiger partial charge in [-0.2, -0.15) is 0 Å². The SMILES string of the molecule is CC1(C)COc2ccc(CN)cc21.NCc1ccc(S(F)(F)(F)(F)F)cc1.NCc1ccc2c(c1)C(=O)CO2.NCc1ccc2c(c1)CC(=O)O2.NCc1ccc2c(c1)OC(F)(F)O2.NCc1ccc2c(c1)OCO2.NCc1cccc(S(F)(F)(F)(F)F)c1. The van der Waals surface area contributed by atoms with Gasteiger partial charge in [-0.1, -0.05) is 119 Å². The number of hydrogen-bond acceptors (Lipinski definition) is 16. The van der Waals surface area contributed by atoms with Gasteiger partial charge in [-0.15, -0.1) is 8.78 Å². The molecule has 5 heterocycles. The molecule has 0 aliphatic carbocycles. The lowest BCUT2D eigenvalue weighted by molar-refractivity contribution is -0.286. The van der Waals surface area contributed by atoms with Gasteiger partial charge in [0.05, 0.1) is 18.6 Å². The van der Waals surface area contributed by atoms with E-state index in [0.717, 1.165) is 69.9 Å². The van der Waals surface area contributed by atoms with E-state index in [2.05, 4.69) is 29.4 Å². The van der Waals surface area contributed by atoms with Crippen molar-refractivity contribution < 1.29 is 90.4 Å². The van der Waals surface area contributed by atoms with Gasteiger partial charge in [0.25, 0.3) is 0 Å². The highest BCUT2D eigenvalue weighted by Crippen LogP contribution is 3.02. The van der Waals surface area contributed by atoms with Crippen LogP contribution in [0.15, 0.2) is 149 Å². The second-order valence-electron chi connectivity index (χ2n) is 20.4. The van der Waals surface area contributed by atoms with Crippen molar-refractivity contribution >= 4 is 32.2 Å². The largest absolute Gasteiger partial charge is 0.586 e. The van der Waals surface area contributed by atoms with Crippen LogP contribution in [0.4, 0.5) is 47.6 Å². The molecule has 0 bridgehead atoms. The van der Waals surface area contributed by atoms with Gasteiger partial charge in [-0.3, -0.25) is 9.59 Å². The van der Waals surface area contributed by atoms with E-state index in [9.17, 15) is 57.2 Å². The maximum absolute atomic E-state index is 12.5. The van der Waals surface area contributed by atoms with E-state index >= 15 is 0 Å². The summed E-state index contributed by atoms with van der Waals surface area (Å²) in [4.78, 5) is 18.2. The molecule has 486 valence electrons. The van der Waals surface area contributed by atoms with Crippen LogP contribution in [0.2, 0.25) is 0 Å². The summed E-state index contributed by atoms with van der Waals surface area (Å²) in [6, 6.07) is 32.9. The van der Waals surface area contributed by atoms with E-state index in [1.807, 2.05) is 48.5 Å². The van der Waals surface area contributed by atoms with Crippen LogP contribution < -0.4 is 73.3 Å². The zero-order valence-corrected chi connectivity index (χ0v) is 49.3. The first-order valence-electron chi connectivity index (χ1n) is 26.5. The number of ether oxygens (including phenoxy) is 7. The fraction of sp³-hybridized carbons (Fsp3) is 0.254. The highest BCUT2D eigenvalue weighted by molar-refractivity contribution is 8.46. The van der Waals surface area contributed by atoms with E-state index in [1.54, 1.807) is 24.3 Å². The molecule has 0 saturated carbocycles.